The lowest BCUT2D eigenvalue weighted by molar-refractivity contribution is 0.142. The Labute approximate surface area is 85.3 Å². The summed E-state index contributed by atoms with van der Waals surface area (Å²) in [4.78, 5) is 0. The Morgan fingerprint density at radius 1 is 1.29 bits per heavy atom. The van der Waals surface area contributed by atoms with Crippen molar-refractivity contribution < 1.29 is 4.74 Å². The third-order valence-corrected chi connectivity index (χ3v) is 2.51. The van der Waals surface area contributed by atoms with E-state index in [0.717, 1.165) is 25.3 Å². The third kappa shape index (κ3) is 2.26. The molecule has 14 heavy (non-hydrogen) atoms. The van der Waals surface area contributed by atoms with E-state index in [4.69, 9.17) is 4.74 Å². The van der Waals surface area contributed by atoms with Crippen LogP contribution in [0.25, 0.3) is 0 Å². The quantitative estimate of drug-likeness (QED) is 0.786. The van der Waals surface area contributed by atoms with Crippen LogP contribution in [0.15, 0.2) is 24.3 Å². The molecule has 2 nitrogen and oxygen atoms in total. The van der Waals surface area contributed by atoms with Crippen LogP contribution in [0, 0.1) is 0 Å². The number of hydrogen-bond acceptors (Lipinski definition) is 2. The SMILES string of the molecule is CCCc1ccc(OC2CNC2)cc1. The largest absolute Gasteiger partial charge is 0.488 e. The summed E-state index contributed by atoms with van der Waals surface area (Å²) in [7, 11) is 0. The van der Waals surface area contributed by atoms with Gasteiger partial charge in [0.1, 0.15) is 11.9 Å². The van der Waals surface area contributed by atoms with Gasteiger partial charge in [-0.15, -0.1) is 0 Å². The summed E-state index contributed by atoms with van der Waals surface area (Å²) in [6.07, 6.45) is 2.74. The van der Waals surface area contributed by atoms with Crippen molar-refractivity contribution in [2.75, 3.05) is 13.1 Å². The zero-order valence-electron chi connectivity index (χ0n) is 8.62. The molecule has 0 spiro atoms. The molecule has 1 aromatic carbocycles. The van der Waals surface area contributed by atoms with E-state index in [1.54, 1.807) is 0 Å². The van der Waals surface area contributed by atoms with Gasteiger partial charge in [0, 0.05) is 13.1 Å². The van der Waals surface area contributed by atoms with Crippen LogP contribution >= 0.6 is 0 Å². The fourth-order valence-electron chi connectivity index (χ4n) is 1.56. The first kappa shape index (κ1) is 9.53. The summed E-state index contributed by atoms with van der Waals surface area (Å²) in [5.41, 5.74) is 1.39. The Morgan fingerprint density at radius 2 is 2.00 bits per heavy atom. The van der Waals surface area contributed by atoms with Crippen molar-refractivity contribution in [1.29, 1.82) is 0 Å². The van der Waals surface area contributed by atoms with Gasteiger partial charge >= 0.3 is 0 Å². The standard InChI is InChI=1S/C12H17NO/c1-2-3-10-4-6-11(7-5-10)14-12-8-13-9-12/h4-7,12-13H,2-3,8-9H2,1H3. The maximum Gasteiger partial charge on any atom is 0.123 e. The van der Waals surface area contributed by atoms with Crippen molar-refractivity contribution >= 4 is 0 Å². The van der Waals surface area contributed by atoms with Crippen LogP contribution in [0.2, 0.25) is 0 Å². The molecule has 2 rings (SSSR count). The number of benzene rings is 1. The maximum atomic E-state index is 5.72. The molecule has 0 atom stereocenters. The minimum Gasteiger partial charge on any atom is -0.488 e. The van der Waals surface area contributed by atoms with E-state index < -0.39 is 0 Å². The molecule has 76 valence electrons. The van der Waals surface area contributed by atoms with E-state index in [2.05, 4.69) is 36.5 Å². The first-order valence-electron chi connectivity index (χ1n) is 5.35. The zero-order chi connectivity index (χ0) is 9.80. The second-order valence-electron chi connectivity index (χ2n) is 3.79. The molecule has 0 radical (unpaired) electrons. The second-order valence-corrected chi connectivity index (χ2v) is 3.79. The Bertz CT molecular complexity index is 277. The van der Waals surface area contributed by atoms with E-state index in [0.29, 0.717) is 6.10 Å². The van der Waals surface area contributed by atoms with E-state index in [-0.39, 0.29) is 0 Å². The van der Waals surface area contributed by atoms with Crippen molar-refractivity contribution in [2.45, 2.75) is 25.9 Å². The number of hydrogen-bond donors (Lipinski definition) is 1. The molecule has 1 aliphatic heterocycles. The fourth-order valence-corrected chi connectivity index (χ4v) is 1.56. The van der Waals surface area contributed by atoms with Gasteiger partial charge in [-0.3, -0.25) is 0 Å². The molecule has 1 saturated heterocycles. The van der Waals surface area contributed by atoms with Gasteiger partial charge in [0.25, 0.3) is 0 Å². The van der Waals surface area contributed by atoms with Gasteiger partial charge in [0.05, 0.1) is 0 Å². The highest BCUT2D eigenvalue weighted by atomic mass is 16.5. The van der Waals surface area contributed by atoms with Crippen molar-refractivity contribution in [3.8, 4) is 5.75 Å². The van der Waals surface area contributed by atoms with E-state index >= 15 is 0 Å². The van der Waals surface area contributed by atoms with Crippen LogP contribution in [0.5, 0.6) is 5.75 Å². The minimum atomic E-state index is 0.382. The number of rotatable bonds is 4. The smallest absolute Gasteiger partial charge is 0.123 e. The molecule has 1 fully saturated rings. The van der Waals surface area contributed by atoms with Crippen molar-refractivity contribution in [3.05, 3.63) is 29.8 Å². The maximum absolute atomic E-state index is 5.72. The third-order valence-electron chi connectivity index (χ3n) is 2.51. The second kappa shape index (κ2) is 4.47. The summed E-state index contributed by atoms with van der Waals surface area (Å²) in [6.45, 7) is 4.16. The molecule has 1 aromatic rings. The molecular formula is C12H17NO. The number of aryl methyl sites for hydroxylation is 1. The molecule has 1 heterocycles. The normalized spacial score (nSPS) is 16.4. The van der Waals surface area contributed by atoms with Crippen molar-refractivity contribution in [3.63, 3.8) is 0 Å². The van der Waals surface area contributed by atoms with Gasteiger partial charge in [-0.1, -0.05) is 25.5 Å². The average Bonchev–Trinajstić information content (AvgIpc) is 2.14. The molecule has 0 saturated carbocycles. The number of ether oxygens (including phenoxy) is 1. The van der Waals surface area contributed by atoms with Crippen LogP contribution < -0.4 is 10.1 Å². The molecule has 0 bridgehead atoms. The summed E-state index contributed by atoms with van der Waals surface area (Å²) in [5.74, 6) is 0.997. The highest BCUT2D eigenvalue weighted by Gasteiger charge is 2.17. The molecule has 1 N–H and O–H groups in total. The lowest BCUT2D eigenvalue weighted by Gasteiger charge is -2.27. The molecule has 0 unspecified atom stereocenters. The molecule has 0 aromatic heterocycles. The highest BCUT2D eigenvalue weighted by molar-refractivity contribution is 5.27. The monoisotopic (exact) mass is 191 g/mol. The molecule has 0 amide bonds. The van der Waals surface area contributed by atoms with Crippen LogP contribution in [-0.4, -0.2) is 19.2 Å². The molecular weight excluding hydrogens is 174 g/mol. The van der Waals surface area contributed by atoms with E-state index in [1.807, 2.05) is 0 Å². The summed E-state index contributed by atoms with van der Waals surface area (Å²) >= 11 is 0. The summed E-state index contributed by atoms with van der Waals surface area (Å²) in [5, 5.41) is 3.19. The van der Waals surface area contributed by atoms with Crippen LogP contribution in [-0.2, 0) is 6.42 Å². The van der Waals surface area contributed by atoms with Gasteiger partial charge in [-0.2, -0.15) is 0 Å². The van der Waals surface area contributed by atoms with Crippen LogP contribution in [0.4, 0.5) is 0 Å². The van der Waals surface area contributed by atoms with Crippen molar-refractivity contribution in [2.24, 2.45) is 0 Å². The summed E-state index contributed by atoms with van der Waals surface area (Å²) in [6, 6.07) is 8.46. The molecule has 2 heteroatoms. The minimum absolute atomic E-state index is 0.382. The lowest BCUT2D eigenvalue weighted by Crippen LogP contribution is -2.50. The van der Waals surface area contributed by atoms with Gasteiger partial charge < -0.3 is 10.1 Å². The Balaban J connectivity index is 1.91. The molecule has 1 aliphatic rings. The van der Waals surface area contributed by atoms with Gasteiger partial charge in [-0.25, -0.2) is 0 Å². The number of nitrogens with one attached hydrogen (secondary N) is 1. The van der Waals surface area contributed by atoms with Gasteiger partial charge in [0.15, 0.2) is 0 Å². The van der Waals surface area contributed by atoms with Gasteiger partial charge in [0.2, 0.25) is 0 Å². The Kier molecular flexibility index (Phi) is 3.04. The van der Waals surface area contributed by atoms with E-state index in [9.17, 15) is 0 Å². The van der Waals surface area contributed by atoms with Gasteiger partial charge in [-0.05, 0) is 24.1 Å². The fraction of sp³-hybridized carbons (Fsp3) is 0.500. The average molecular weight is 191 g/mol. The predicted molar refractivity (Wildman–Crippen MR) is 57.7 cm³/mol. The topological polar surface area (TPSA) is 21.3 Å². The Morgan fingerprint density at radius 3 is 2.50 bits per heavy atom. The van der Waals surface area contributed by atoms with Crippen LogP contribution in [0.1, 0.15) is 18.9 Å². The predicted octanol–water partition coefficient (Wildman–Crippen LogP) is 1.99. The highest BCUT2D eigenvalue weighted by Crippen LogP contribution is 2.15. The lowest BCUT2D eigenvalue weighted by atomic mass is 10.1. The zero-order valence-corrected chi connectivity index (χ0v) is 8.62. The van der Waals surface area contributed by atoms with Crippen LogP contribution in [0.3, 0.4) is 0 Å². The first-order chi connectivity index (χ1) is 6.88. The van der Waals surface area contributed by atoms with E-state index in [1.165, 1.54) is 12.0 Å². The summed E-state index contributed by atoms with van der Waals surface area (Å²) < 4.78 is 5.72. The molecule has 0 aliphatic carbocycles. The van der Waals surface area contributed by atoms with Crippen molar-refractivity contribution in [1.82, 2.24) is 5.32 Å². The Hall–Kier alpha value is -1.02. The first-order valence-corrected chi connectivity index (χ1v) is 5.35.